The molecule has 0 aliphatic heterocycles. The summed E-state index contributed by atoms with van der Waals surface area (Å²) in [7, 11) is 3.29. The van der Waals surface area contributed by atoms with Crippen LogP contribution in [-0.4, -0.2) is 17.5 Å². The van der Waals surface area contributed by atoms with E-state index in [1.165, 1.54) is 15.9 Å². The van der Waals surface area contributed by atoms with Crippen molar-refractivity contribution in [3.05, 3.63) is 48.9 Å². The van der Waals surface area contributed by atoms with Gasteiger partial charge in [0.15, 0.2) is 5.78 Å². The van der Waals surface area contributed by atoms with E-state index in [0.29, 0.717) is 14.9 Å². The van der Waals surface area contributed by atoms with Crippen LogP contribution in [0.2, 0.25) is 0 Å². The molecule has 0 amide bonds. The van der Waals surface area contributed by atoms with Gasteiger partial charge >= 0.3 is 0 Å². The summed E-state index contributed by atoms with van der Waals surface area (Å²) in [6.45, 7) is 7.58. The highest BCUT2D eigenvalue weighted by Gasteiger charge is 2.19. The molecule has 0 N–H and O–H groups in total. The third-order valence-corrected chi connectivity index (χ3v) is 4.84. The number of Topliss-reactive ketones (excluding diaryl/α,β-unsaturated/α-hetero) is 1. The van der Waals surface area contributed by atoms with Crippen LogP contribution < -0.4 is 19.5 Å². The number of nitrogens with zero attached hydrogens (tertiary/aromatic N) is 1. The predicted octanol–water partition coefficient (Wildman–Crippen LogP) is 1.99. The first-order valence-corrected chi connectivity index (χ1v) is 8.53. The molecule has 0 bridgehead atoms. The summed E-state index contributed by atoms with van der Waals surface area (Å²) in [5.74, 6) is 0.714. The van der Waals surface area contributed by atoms with Gasteiger partial charge in [-0.25, -0.2) is 0 Å². The second-order valence-electron chi connectivity index (χ2n) is 6.82. The lowest BCUT2D eigenvalue weighted by atomic mass is 9.91. The Morgan fingerprint density at radius 3 is 2.54 bits per heavy atom. The molecule has 0 aliphatic carbocycles. The molecule has 2 aromatic rings. The highest BCUT2D eigenvalue weighted by Crippen LogP contribution is 2.20. The molecule has 0 spiro atoms. The maximum absolute atomic E-state index is 12.5. The lowest BCUT2D eigenvalue weighted by Gasteiger charge is -2.12. The van der Waals surface area contributed by atoms with Crippen LogP contribution in [0.3, 0.4) is 0 Å². The second kappa shape index (κ2) is 6.77. The van der Waals surface area contributed by atoms with Gasteiger partial charge in [-0.3, -0.25) is 9.59 Å². The lowest BCUT2D eigenvalue weighted by Crippen LogP contribution is -2.30. The molecular formula is C19H23NO3S. The monoisotopic (exact) mass is 345 g/mol. The van der Waals surface area contributed by atoms with Crippen molar-refractivity contribution in [1.29, 1.82) is 0 Å². The van der Waals surface area contributed by atoms with Crippen molar-refractivity contribution in [2.75, 3.05) is 7.11 Å². The van der Waals surface area contributed by atoms with Crippen molar-refractivity contribution in [1.82, 2.24) is 4.57 Å². The summed E-state index contributed by atoms with van der Waals surface area (Å²) < 4.78 is 8.11. The zero-order valence-electron chi connectivity index (χ0n) is 15.0. The number of benzene rings is 1. The highest BCUT2D eigenvalue weighted by molar-refractivity contribution is 7.07. The van der Waals surface area contributed by atoms with E-state index in [0.717, 1.165) is 11.1 Å². The van der Waals surface area contributed by atoms with Crippen LogP contribution in [0.1, 0.15) is 31.9 Å². The highest BCUT2D eigenvalue weighted by atomic mass is 32.1. The number of rotatable bonds is 3. The van der Waals surface area contributed by atoms with E-state index < -0.39 is 5.41 Å². The van der Waals surface area contributed by atoms with Gasteiger partial charge in [-0.05, 0) is 25.1 Å². The van der Waals surface area contributed by atoms with Gasteiger partial charge in [0.25, 0.3) is 5.56 Å². The van der Waals surface area contributed by atoms with E-state index in [1.807, 2.05) is 52.0 Å². The van der Waals surface area contributed by atoms with Gasteiger partial charge in [0.1, 0.15) is 10.4 Å². The Labute approximate surface area is 145 Å². The standard InChI is InChI=1S/C19H23NO3S/c1-12-7-8-14(23-6)13(9-12)10-15-18(22)20(5)17(24-15)11-16(21)19(2,3)4/h7-11H,1-6H3. The topological polar surface area (TPSA) is 48.3 Å². The molecule has 1 heterocycles. The minimum atomic E-state index is -0.469. The molecule has 1 aromatic carbocycles. The van der Waals surface area contributed by atoms with Crippen LogP contribution in [0.25, 0.3) is 12.2 Å². The second-order valence-corrected chi connectivity index (χ2v) is 7.88. The van der Waals surface area contributed by atoms with Crippen molar-refractivity contribution >= 4 is 29.3 Å². The van der Waals surface area contributed by atoms with Crippen molar-refractivity contribution < 1.29 is 9.53 Å². The number of methoxy groups -OCH3 is 1. The van der Waals surface area contributed by atoms with Gasteiger partial charge in [0.05, 0.1) is 11.6 Å². The van der Waals surface area contributed by atoms with E-state index in [1.54, 1.807) is 20.2 Å². The van der Waals surface area contributed by atoms with Crippen molar-refractivity contribution in [2.45, 2.75) is 27.7 Å². The Morgan fingerprint density at radius 2 is 1.96 bits per heavy atom. The quantitative estimate of drug-likeness (QED) is 0.855. The minimum absolute atomic E-state index is 0.000892. The Kier molecular flexibility index (Phi) is 5.13. The summed E-state index contributed by atoms with van der Waals surface area (Å²) in [6, 6.07) is 5.82. The summed E-state index contributed by atoms with van der Waals surface area (Å²) in [5.41, 5.74) is 1.36. The van der Waals surface area contributed by atoms with E-state index in [-0.39, 0.29) is 11.3 Å². The Hall–Kier alpha value is -2.14. The lowest BCUT2D eigenvalue weighted by molar-refractivity contribution is -0.120. The third-order valence-electron chi connectivity index (χ3n) is 3.73. The number of thiazole rings is 1. The molecule has 0 saturated heterocycles. The Morgan fingerprint density at radius 1 is 1.29 bits per heavy atom. The van der Waals surface area contributed by atoms with Crippen LogP contribution in [0.15, 0.2) is 23.0 Å². The fourth-order valence-electron chi connectivity index (χ4n) is 2.14. The van der Waals surface area contributed by atoms with Crippen molar-refractivity contribution in [3.8, 4) is 5.75 Å². The predicted molar refractivity (Wildman–Crippen MR) is 99.0 cm³/mol. The molecule has 5 heteroatoms. The van der Waals surface area contributed by atoms with Crippen LogP contribution in [-0.2, 0) is 11.8 Å². The first-order valence-electron chi connectivity index (χ1n) is 7.72. The molecule has 1 aromatic heterocycles. The summed E-state index contributed by atoms with van der Waals surface area (Å²) >= 11 is 1.31. The number of hydrogen-bond acceptors (Lipinski definition) is 4. The number of ether oxygens (including phenoxy) is 1. The molecule has 0 unspecified atom stereocenters. The number of hydrogen-bond donors (Lipinski definition) is 0. The zero-order chi connectivity index (χ0) is 18.1. The molecule has 0 fully saturated rings. The van der Waals surface area contributed by atoms with Gasteiger partial charge in [0, 0.05) is 24.1 Å². The third kappa shape index (κ3) is 3.85. The molecule has 0 aliphatic rings. The van der Waals surface area contributed by atoms with E-state index >= 15 is 0 Å². The minimum Gasteiger partial charge on any atom is -0.496 e. The van der Waals surface area contributed by atoms with Crippen LogP contribution in [0, 0.1) is 12.3 Å². The summed E-state index contributed by atoms with van der Waals surface area (Å²) in [4.78, 5) is 24.7. The first-order chi connectivity index (χ1) is 11.1. The molecule has 24 heavy (non-hydrogen) atoms. The van der Waals surface area contributed by atoms with Gasteiger partial charge in [-0.1, -0.05) is 32.4 Å². The van der Waals surface area contributed by atoms with Gasteiger partial charge < -0.3 is 9.30 Å². The zero-order valence-corrected chi connectivity index (χ0v) is 15.8. The van der Waals surface area contributed by atoms with Crippen molar-refractivity contribution in [2.24, 2.45) is 12.5 Å². The molecule has 0 radical (unpaired) electrons. The largest absolute Gasteiger partial charge is 0.496 e. The Bertz CT molecular complexity index is 942. The van der Waals surface area contributed by atoms with Crippen LogP contribution >= 0.6 is 11.3 Å². The molecular weight excluding hydrogens is 322 g/mol. The molecule has 128 valence electrons. The summed E-state index contributed by atoms with van der Waals surface area (Å²) in [5, 5.41) is 0. The number of aryl methyl sites for hydroxylation is 1. The SMILES string of the molecule is COc1ccc(C)cc1C=c1sc(=CC(=O)C(C)(C)C)n(C)c1=O. The van der Waals surface area contributed by atoms with E-state index in [4.69, 9.17) is 4.74 Å². The van der Waals surface area contributed by atoms with E-state index in [9.17, 15) is 9.59 Å². The maximum Gasteiger partial charge on any atom is 0.268 e. The molecule has 0 saturated carbocycles. The maximum atomic E-state index is 12.5. The van der Waals surface area contributed by atoms with Crippen molar-refractivity contribution in [3.63, 3.8) is 0 Å². The van der Waals surface area contributed by atoms with Gasteiger partial charge in [-0.2, -0.15) is 0 Å². The van der Waals surface area contributed by atoms with E-state index in [2.05, 4.69) is 0 Å². The molecule has 0 atom stereocenters. The Balaban J connectivity index is 2.65. The fourth-order valence-corrected chi connectivity index (χ4v) is 3.17. The number of carbonyl (C=O) groups is 1. The molecule has 2 rings (SSSR count). The smallest absolute Gasteiger partial charge is 0.268 e. The molecule has 4 nitrogen and oxygen atoms in total. The van der Waals surface area contributed by atoms with Gasteiger partial charge in [-0.15, -0.1) is 11.3 Å². The van der Waals surface area contributed by atoms with Crippen LogP contribution in [0.5, 0.6) is 5.75 Å². The van der Waals surface area contributed by atoms with Crippen LogP contribution in [0.4, 0.5) is 0 Å². The fraction of sp³-hybridized carbons (Fsp3) is 0.368. The first kappa shape index (κ1) is 18.2. The average molecular weight is 345 g/mol. The average Bonchev–Trinajstić information content (AvgIpc) is 2.75. The number of aromatic nitrogens is 1. The normalized spacial score (nSPS) is 13.4. The van der Waals surface area contributed by atoms with Gasteiger partial charge in [0.2, 0.25) is 0 Å². The summed E-state index contributed by atoms with van der Waals surface area (Å²) in [6.07, 6.45) is 3.37. The number of carbonyl (C=O) groups excluding carboxylic acids is 1. The number of ketones is 1.